The molecule has 4 nitrogen and oxygen atoms in total. The number of piperidine rings is 1. The Hall–Kier alpha value is -2.36. The summed E-state index contributed by atoms with van der Waals surface area (Å²) in [4.78, 5) is 26.2. The number of carbonyl (C=O) groups is 2. The Balaban J connectivity index is 1.78. The van der Waals surface area contributed by atoms with Crippen molar-refractivity contribution in [1.82, 2.24) is 4.90 Å². The molecule has 1 saturated heterocycles. The third kappa shape index (κ3) is 2.69. The van der Waals surface area contributed by atoms with Crippen molar-refractivity contribution in [1.29, 1.82) is 0 Å². The van der Waals surface area contributed by atoms with Gasteiger partial charge in [-0.1, -0.05) is 36.4 Å². The van der Waals surface area contributed by atoms with E-state index in [1.54, 1.807) is 0 Å². The summed E-state index contributed by atoms with van der Waals surface area (Å²) >= 11 is 0. The van der Waals surface area contributed by atoms with Crippen molar-refractivity contribution in [2.24, 2.45) is 5.92 Å². The van der Waals surface area contributed by atoms with Gasteiger partial charge in [-0.2, -0.15) is 0 Å². The minimum atomic E-state index is -0.169. The molecule has 4 heteroatoms. The van der Waals surface area contributed by atoms with Gasteiger partial charge in [0, 0.05) is 18.7 Å². The van der Waals surface area contributed by atoms with Crippen LogP contribution in [-0.4, -0.2) is 37.0 Å². The lowest BCUT2D eigenvalue weighted by molar-refractivity contribution is -0.146. The number of rotatable bonds is 2. The Labute approximate surface area is 129 Å². The van der Waals surface area contributed by atoms with Crippen LogP contribution in [0.1, 0.15) is 23.2 Å². The number of ether oxygens (including phenoxy) is 1. The molecule has 1 fully saturated rings. The van der Waals surface area contributed by atoms with Gasteiger partial charge >= 0.3 is 5.97 Å². The van der Waals surface area contributed by atoms with E-state index in [-0.39, 0.29) is 17.8 Å². The predicted octanol–water partition coefficient (Wildman–Crippen LogP) is 2.87. The van der Waals surface area contributed by atoms with Crippen LogP contribution in [0.3, 0.4) is 0 Å². The topological polar surface area (TPSA) is 46.6 Å². The average Bonchev–Trinajstić information content (AvgIpc) is 2.60. The summed E-state index contributed by atoms with van der Waals surface area (Å²) in [6.45, 7) is 1.20. The van der Waals surface area contributed by atoms with Gasteiger partial charge in [-0.3, -0.25) is 9.59 Å². The zero-order valence-corrected chi connectivity index (χ0v) is 12.6. The van der Waals surface area contributed by atoms with E-state index in [2.05, 4.69) is 0 Å². The van der Waals surface area contributed by atoms with E-state index in [4.69, 9.17) is 4.74 Å². The fraction of sp³-hybridized carbons (Fsp3) is 0.333. The van der Waals surface area contributed by atoms with Gasteiger partial charge in [0.2, 0.25) is 0 Å². The predicted molar refractivity (Wildman–Crippen MR) is 84.6 cm³/mol. The maximum atomic E-state index is 12.8. The first-order chi connectivity index (χ1) is 10.7. The van der Waals surface area contributed by atoms with Crippen molar-refractivity contribution in [3.05, 3.63) is 48.0 Å². The molecule has 0 atom stereocenters. The molecular formula is C18H19NO3. The van der Waals surface area contributed by atoms with E-state index in [1.807, 2.05) is 47.4 Å². The fourth-order valence-corrected chi connectivity index (χ4v) is 3.07. The van der Waals surface area contributed by atoms with Gasteiger partial charge in [-0.25, -0.2) is 0 Å². The number of esters is 1. The van der Waals surface area contributed by atoms with Crippen LogP contribution in [0.5, 0.6) is 0 Å². The number of fused-ring (bicyclic) bond motifs is 1. The second-order valence-corrected chi connectivity index (χ2v) is 5.62. The van der Waals surface area contributed by atoms with Crippen molar-refractivity contribution in [3.8, 4) is 0 Å². The third-order valence-corrected chi connectivity index (χ3v) is 4.34. The molecule has 0 aromatic heterocycles. The number of hydrogen-bond acceptors (Lipinski definition) is 3. The van der Waals surface area contributed by atoms with Gasteiger partial charge in [0.05, 0.1) is 13.0 Å². The third-order valence-electron chi connectivity index (χ3n) is 4.34. The first-order valence-electron chi connectivity index (χ1n) is 7.55. The van der Waals surface area contributed by atoms with Crippen LogP contribution in [0, 0.1) is 5.92 Å². The van der Waals surface area contributed by atoms with E-state index < -0.39 is 0 Å². The highest BCUT2D eigenvalue weighted by Crippen LogP contribution is 2.24. The normalized spacial score (nSPS) is 15.8. The summed E-state index contributed by atoms with van der Waals surface area (Å²) in [6, 6.07) is 13.7. The smallest absolute Gasteiger partial charge is 0.308 e. The Bertz CT molecular complexity index is 697. The minimum absolute atomic E-state index is 0.0418. The molecule has 2 aromatic rings. The van der Waals surface area contributed by atoms with Gasteiger partial charge in [-0.05, 0) is 29.7 Å². The summed E-state index contributed by atoms with van der Waals surface area (Å²) in [5.74, 6) is -0.209. The van der Waals surface area contributed by atoms with E-state index in [0.717, 1.165) is 16.3 Å². The molecule has 0 aliphatic carbocycles. The molecule has 3 rings (SSSR count). The lowest BCUT2D eigenvalue weighted by atomic mass is 9.96. The largest absolute Gasteiger partial charge is 0.469 e. The van der Waals surface area contributed by atoms with Crippen LogP contribution < -0.4 is 0 Å². The molecule has 0 saturated carbocycles. The van der Waals surface area contributed by atoms with Crippen LogP contribution in [0.25, 0.3) is 10.8 Å². The van der Waals surface area contributed by atoms with Crippen LogP contribution in [0.15, 0.2) is 42.5 Å². The Morgan fingerprint density at radius 2 is 1.73 bits per heavy atom. The highest BCUT2D eigenvalue weighted by Gasteiger charge is 2.28. The number of carbonyl (C=O) groups excluding carboxylic acids is 2. The number of hydrogen-bond donors (Lipinski definition) is 0. The van der Waals surface area contributed by atoms with Gasteiger partial charge in [0.1, 0.15) is 0 Å². The molecule has 2 aromatic carbocycles. The fourth-order valence-electron chi connectivity index (χ4n) is 3.07. The van der Waals surface area contributed by atoms with Crippen molar-refractivity contribution in [2.45, 2.75) is 12.8 Å². The Morgan fingerprint density at radius 3 is 2.45 bits per heavy atom. The number of likely N-dealkylation sites (tertiary alicyclic amines) is 1. The zero-order valence-electron chi connectivity index (χ0n) is 12.6. The van der Waals surface area contributed by atoms with Crippen LogP contribution in [-0.2, 0) is 9.53 Å². The van der Waals surface area contributed by atoms with Crippen molar-refractivity contribution < 1.29 is 14.3 Å². The first kappa shape index (κ1) is 14.6. The lowest BCUT2D eigenvalue weighted by Gasteiger charge is -2.31. The Kier molecular flexibility index (Phi) is 4.09. The van der Waals surface area contributed by atoms with Gasteiger partial charge in [-0.15, -0.1) is 0 Å². The monoisotopic (exact) mass is 297 g/mol. The van der Waals surface area contributed by atoms with Crippen molar-refractivity contribution >= 4 is 22.6 Å². The number of methoxy groups -OCH3 is 1. The molecule has 1 heterocycles. The summed E-state index contributed by atoms with van der Waals surface area (Å²) in [6.07, 6.45) is 1.34. The number of benzene rings is 2. The highest BCUT2D eigenvalue weighted by atomic mass is 16.5. The number of nitrogens with zero attached hydrogens (tertiary/aromatic N) is 1. The van der Waals surface area contributed by atoms with Gasteiger partial charge in [0.25, 0.3) is 5.91 Å². The standard InChI is InChI=1S/C18H19NO3/c1-22-18(21)14-9-11-19(12-10-14)17(20)16-8-4-6-13-5-2-3-7-15(13)16/h2-8,14H,9-12H2,1H3. The summed E-state index contributed by atoms with van der Waals surface area (Å²) < 4.78 is 4.79. The molecule has 22 heavy (non-hydrogen) atoms. The second-order valence-electron chi connectivity index (χ2n) is 5.62. The van der Waals surface area contributed by atoms with Gasteiger partial charge < -0.3 is 9.64 Å². The second kappa shape index (κ2) is 6.18. The maximum Gasteiger partial charge on any atom is 0.308 e. The quantitative estimate of drug-likeness (QED) is 0.801. The molecular weight excluding hydrogens is 278 g/mol. The number of amides is 1. The molecule has 0 N–H and O–H groups in total. The minimum Gasteiger partial charge on any atom is -0.469 e. The Morgan fingerprint density at radius 1 is 1.05 bits per heavy atom. The van der Waals surface area contributed by atoms with Crippen LogP contribution in [0.2, 0.25) is 0 Å². The molecule has 1 aliphatic heterocycles. The van der Waals surface area contributed by atoms with E-state index in [9.17, 15) is 9.59 Å². The van der Waals surface area contributed by atoms with E-state index >= 15 is 0 Å². The maximum absolute atomic E-state index is 12.8. The van der Waals surface area contributed by atoms with Crippen molar-refractivity contribution in [3.63, 3.8) is 0 Å². The molecule has 114 valence electrons. The molecule has 1 amide bonds. The molecule has 0 unspecified atom stereocenters. The molecule has 0 radical (unpaired) electrons. The van der Waals surface area contributed by atoms with Crippen LogP contribution in [0.4, 0.5) is 0 Å². The SMILES string of the molecule is COC(=O)C1CCN(C(=O)c2cccc3ccccc23)CC1. The first-order valence-corrected chi connectivity index (χ1v) is 7.55. The molecule has 1 aliphatic rings. The lowest BCUT2D eigenvalue weighted by Crippen LogP contribution is -2.40. The molecule has 0 spiro atoms. The highest BCUT2D eigenvalue weighted by molar-refractivity contribution is 6.07. The molecule has 0 bridgehead atoms. The van der Waals surface area contributed by atoms with Gasteiger partial charge in [0.15, 0.2) is 0 Å². The van der Waals surface area contributed by atoms with E-state index in [1.165, 1.54) is 7.11 Å². The summed E-state index contributed by atoms with van der Waals surface area (Å²) in [5.41, 5.74) is 0.731. The summed E-state index contributed by atoms with van der Waals surface area (Å²) in [7, 11) is 1.41. The summed E-state index contributed by atoms with van der Waals surface area (Å²) in [5, 5.41) is 2.04. The zero-order chi connectivity index (χ0) is 15.5. The van der Waals surface area contributed by atoms with Crippen LogP contribution >= 0.6 is 0 Å². The van der Waals surface area contributed by atoms with E-state index in [0.29, 0.717) is 25.9 Å². The van der Waals surface area contributed by atoms with Crippen molar-refractivity contribution in [2.75, 3.05) is 20.2 Å². The average molecular weight is 297 g/mol.